The van der Waals surface area contributed by atoms with E-state index in [9.17, 15) is 0 Å². The highest BCUT2D eigenvalue weighted by Gasteiger charge is 2.39. The van der Waals surface area contributed by atoms with Crippen molar-refractivity contribution < 1.29 is 9.47 Å². The van der Waals surface area contributed by atoms with Crippen LogP contribution in [0.3, 0.4) is 0 Å². The zero-order valence-electron chi connectivity index (χ0n) is 14.9. The van der Waals surface area contributed by atoms with Gasteiger partial charge in [-0.3, -0.25) is 4.90 Å². The average Bonchev–Trinajstić information content (AvgIpc) is 2.64. The number of fused-ring (bicyclic) bond motifs is 1. The monoisotopic (exact) mass is 330 g/mol. The smallest absolute Gasteiger partial charge is 0.123 e. The summed E-state index contributed by atoms with van der Waals surface area (Å²) in [4.78, 5) is 5.02. The van der Waals surface area contributed by atoms with E-state index in [0.717, 1.165) is 45.1 Å². The Balaban J connectivity index is 1.42. The van der Waals surface area contributed by atoms with Gasteiger partial charge in [-0.15, -0.1) is 0 Å². The van der Waals surface area contributed by atoms with Crippen LogP contribution in [0.5, 0.6) is 5.75 Å². The lowest BCUT2D eigenvalue weighted by Crippen LogP contribution is -2.49. The van der Waals surface area contributed by atoms with Crippen LogP contribution in [-0.2, 0) is 17.7 Å². The van der Waals surface area contributed by atoms with E-state index in [1.54, 1.807) is 0 Å². The summed E-state index contributed by atoms with van der Waals surface area (Å²) < 4.78 is 12.0. The van der Waals surface area contributed by atoms with E-state index in [-0.39, 0.29) is 5.60 Å². The van der Waals surface area contributed by atoms with Gasteiger partial charge in [0.1, 0.15) is 11.4 Å². The molecule has 3 aliphatic rings. The third kappa shape index (κ3) is 3.46. The third-order valence-corrected chi connectivity index (χ3v) is 6.03. The lowest BCUT2D eigenvalue weighted by Gasteiger charge is -2.44. The lowest BCUT2D eigenvalue weighted by atomic mass is 9.83. The average molecular weight is 330 g/mol. The molecule has 24 heavy (non-hydrogen) atoms. The topological polar surface area (TPSA) is 24.9 Å². The Labute approximate surface area is 145 Å². The number of nitrogens with zero attached hydrogens (tertiary/aromatic N) is 2. The molecular weight excluding hydrogens is 300 g/mol. The van der Waals surface area contributed by atoms with Crippen molar-refractivity contribution in [1.82, 2.24) is 9.80 Å². The predicted molar refractivity (Wildman–Crippen MR) is 95.6 cm³/mol. The van der Waals surface area contributed by atoms with Gasteiger partial charge in [0.15, 0.2) is 0 Å². The number of hydrogen-bond donors (Lipinski definition) is 0. The SMILES string of the molecule is CCN1CCC2(CCc3cc(CN4CCOCC4)ccc3O2)CC1. The van der Waals surface area contributed by atoms with Crippen LogP contribution in [0.25, 0.3) is 0 Å². The van der Waals surface area contributed by atoms with Crippen LogP contribution in [-0.4, -0.2) is 61.3 Å². The van der Waals surface area contributed by atoms with Gasteiger partial charge in [0.05, 0.1) is 13.2 Å². The molecule has 0 amide bonds. The summed E-state index contributed by atoms with van der Waals surface area (Å²) in [5, 5.41) is 0. The molecule has 0 unspecified atom stereocenters. The highest BCUT2D eigenvalue weighted by atomic mass is 16.5. The van der Waals surface area contributed by atoms with Gasteiger partial charge >= 0.3 is 0 Å². The fourth-order valence-electron chi connectivity index (χ4n) is 4.32. The first kappa shape index (κ1) is 16.4. The molecule has 4 heteroatoms. The molecule has 0 N–H and O–H groups in total. The summed E-state index contributed by atoms with van der Waals surface area (Å²) >= 11 is 0. The van der Waals surface area contributed by atoms with Gasteiger partial charge in [0, 0.05) is 32.7 Å². The third-order valence-electron chi connectivity index (χ3n) is 6.03. The van der Waals surface area contributed by atoms with Gasteiger partial charge in [-0.05, 0) is 49.4 Å². The molecule has 3 heterocycles. The second-order valence-corrected chi connectivity index (χ2v) is 7.55. The molecule has 2 fully saturated rings. The second kappa shape index (κ2) is 7.03. The molecular formula is C20H30N2O2. The van der Waals surface area contributed by atoms with Crippen LogP contribution in [0.4, 0.5) is 0 Å². The minimum Gasteiger partial charge on any atom is -0.487 e. The van der Waals surface area contributed by atoms with Crippen LogP contribution < -0.4 is 4.74 Å². The summed E-state index contributed by atoms with van der Waals surface area (Å²) in [7, 11) is 0. The molecule has 0 aliphatic carbocycles. The van der Waals surface area contributed by atoms with Gasteiger partial charge in [-0.25, -0.2) is 0 Å². The van der Waals surface area contributed by atoms with Crippen LogP contribution >= 0.6 is 0 Å². The van der Waals surface area contributed by atoms with Crippen molar-refractivity contribution in [1.29, 1.82) is 0 Å². The molecule has 3 aliphatic heterocycles. The van der Waals surface area contributed by atoms with Crippen molar-refractivity contribution in [2.24, 2.45) is 0 Å². The molecule has 0 saturated carbocycles. The van der Waals surface area contributed by atoms with Gasteiger partial charge < -0.3 is 14.4 Å². The summed E-state index contributed by atoms with van der Waals surface area (Å²) in [5.41, 5.74) is 2.92. The van der Waals surface area contributed by atoms with Crippen LogP contribution in [0.15, 0.2) is 18.2 Å². The lowest BCUT2D eigenvalue weighted by molar-refractivity contribution is -0.0133. The fraction of sp³-hybridized carbons (Fsp3) is 0.700. The molecule has 1 spiro atoms. The van der Waals surface area contributed by atoms with Gasteiger partial charge in [0.2, 0.25) is 0 Å². The van der Waals surface area contributed by atoms with Crippen molar-refractivity contribution >= 4 is 0 Å². The van der Waals surface area contributed by atoms with E-state index in [0.29, 0.717) is 0 Å². The van der Waals surface area contributed by atoms with Crippen molar-refractivity contribution in [2.75, 3.05) is 45.9 Å². The van der Waals surface area contributed by atoms with E-state index in [2.05, 4.69) is 34.9 Å². The first-order valence-electron chi connectivity index (χ1n) is 9.60. The molecule has 0 aromatic heterocycles. The minimum atomic E-state index is 0.102. The van der Waals surface area contributed by atoms with Crippen molar-refractivity contribution in [3.05, 3.63) is 29.3 Å². The molecule has 0 atom stereocenters. The number of morpholine rings is 1. The van der Waals surface area contributed by atoms with Crippen LogP contribution in [0, 0.1) is 0 Å². The van der Waals surface area contributed by atoms with E-state index in [4.69, 9.17) is 9.47 Å². The Bertz CT molecular complexity index is 561. The van der Waals surface area contributed by atoms with E-state index in [1.807, 2.05) is 0 Å². The number of likely N-dealkylation sites (tertiary alicyclic amines) is 1. The van der Waals surface area contributed by atoms with E-state index >= 15 is 0 Å². The van der Waals surface area contributed by atoms with Gasteiger partial charge in [0.25, 0.3) is 0 Å². The molecule has 2 saturated heterocycles. The Morgan fingerprint density at radius 3 is 2.54 bits per heavy atom. The van der Waals surface area contributed by atoms with E-state index in [1.165, 1.54) is 49.9 Å². The summed E-state index contributed by atoms with van der Waals surface area (Å²) in [6.45, 7) is 10.6. The Morgan fingerprint density at radius 2 is 1.79 bits per heavy atom. The number of rotatable bonds is 3. The first-order valence-corrected chi connectivity index (χ1v) is 9.60. The summed E-state index contributed by atoms with van der Waals surface area (Å²) in [6.07, 6.45) is 4.70. The molecule has 0 radical (unpaired) electrons. The zero-order valence-corrected chi connectivity index (χ0v) is 14.9. The molecule has 4 nitrogen and oxygen atoms in total. The van der Waals surface area contributed by atoms with Crippen molar-refractivity contribution in [2.45, 2.75) is 44.8 Å². The van der Waals surface area contributed by atoms with Crippen molar-refractivity contribution in [3.63, 3.8) is 0 Å². The molecule has 1 aromatic carbocycles. The fourth-order valence-corrected chi connectivity index (χ4v) is 4.32. The molecule has 132 valence electrons. The normalized spacial score (nSPS) is 24.5. The highest BCUT2D eigenvalue weighted by Crippen LogP contribution is 2.39. The van der Waals surface area contributed by atoms with Gasteiger partial charge in [-0.1, -0.05) is 19.1 Å². The maximum atomic E-state index is 6.54. The Hall–Kier alpha value is -1.10. The number of piperidine rings is 1. The standard InChI is InChI=1S/C20H30N2O2/c1-2-21-9-7-20(8-10-21)6-5-18-15-17(3-4-19(18)24-20)16-22-11-13-23-14-12-22/h3-4,15H,2,5-14,16H2,1H3. The maximum absolute atomic E-state index is 6.54. The summed E-state index contributed by atoms with van der Waals surface area (Å²) in [5.74, 6) is 1.14. The predicted octanol–water partition coefficient (Wildman–Crippen LogP) is 2.70. The number of benzene rings is 1. The highest BCUT2D eigenvalue weighted by molar-refractivity contribution is 5.40. The zero-order chi connectivity index (χ0) is 16.4. The van der Waals surface area contributed by atoms with Crippen LogP contribution in [0.1, 0.15) is 37.3 Å². The number of hydrogen-bond acceptors (Lipinski definition) is 4. The maximum Gasteiger partial charge on any atom is 0.123 e. The second-order valence-electron chi connectivity index (χ2n) is 7.55. The minimum absolute atomic E-state index is 0.102. The first-order chi connectivity index (χ1) is 11.8. The number of ether oxygens (including phenoxy) is 2. The summed E-state index contributed by atoms with van der Waals surface area (Å²) in [6, 6.07) is 6.85. The van der Waals surface area contributed by atoms with E-state index < -0.39 is 0 Å². The Kier molecular flexibility index (Phi) is 4.79. The van der Waals surface area contributed by atoms with Crippen molar-refractivity contribution in [3.8, 4) is 5.75 Å². The quantitative estimate of drug-likeness (QED) is 0.851. The van der Waals surface area contributed by atoms with Crippen LogP contribution in [0.2, 0.25) is 0 Å². The number of aryl methyl sites for hydroxylation is 1. The van der Waals surface area contributed by atoms with Gasteiger partial charge in [-0.2, -0.15) is 0 Å². The molecule has 0 bridgehead atoms. The largest absolute Gasteiger partial charge is 0.487 e. The molecule has 1 aromatic rings. The Morgan fingerprint density at radius 1 is 1.00 bits per heavy atom. The molecule has 4 rings (SSSR count).